The van der Waals surface area contributed by atoms with E-state index in [1.807, 2.05) is 48.5 Å². The lowest BCUT2D eigenvalue weighted by atomic mass is 10.1. The van der Waals surface area contributed by atoms with Crippen LogP contribution in [0.4, 0.5) is 0 Å². The maximum absolute atomic E-state index is 13.1. The smallest absolute Gasteiger partial charge is 0.254 e. The molecule has 1 amide bonds. The molecule has 2 heterocycles. The van der Waals surface area contributed by atoms with Gasteiger partial charge in [0.05, 0.1) is 19.4 Å². The highest BCUT2D eigenvalue weighted by Gasteiger charge is 2.18. The van der Waals surface area contributed by atoms with Gasteiger partial charge in [-0.05, 0) is 41.5 Å². The zero-order valence-electron chi connectivity index (χ0n) is 14.1. The highest BCUT2D eigenvalue weighted by Crippen LogP contribution is 2.15. The summed E-state index contributed by atoms with van der Waals surface area (Å²) < 4.78 is 10.6. The monoisotopic (exact) mass is 336 g/mol. The first-order valence-electron chi connectivity index (χ1n) is 8.04. The summed E-state index contributed by atoms with van der Waals surface area (Å²) in [6.07, 6.45) is 5.10. The SMILES string of the molecule is COCc1cccc(C(=O)N(Cc2cccnc2)Cc2ccco2)c1. The van der Waals surface area contributed by atoms with E-state index in [2.05, 4.69) is 4.98 Å². The Kier molecular flexibility index (Phi) is 5.59. The second-order valence-electron chi connectivity index (χ2n) is 5.74. The normalized spacial score (nSPS) is 10.6. The number of nitrogens with zero attached hydrogens (tertiary/aromatic N) is 2. The minimum atomic E-state index is -0.0572. The van der Waals surface area contributed by atoms with E-state index in [0.29, 0.717) is 25.3 Å². The Labute approximate surface area is 146 Å². The summed E-state index contributed by atoms with van der Waals surface area (Å²) in [5.74, 6) is 0.684. The van der Waals surface area contributed by atoms with Gasteiger partial charge in [-0.3, -0.25) is 9.78 Å². The lowest BCUT2D eigenvalue weighted by molar-refractivity contribution is 0.0717. The Bertz CT molecular complexity index is 801. The van der Waals surface area contributed by atoms with Crippen molar-refractivity contribution < 1.29 is 13.9 Å². The summed E-state index contributed by atoms with van der Waals surface area (Å²) in [7, 11) is 1.64. The zero-order valence-corrected chi connectivity index (χ0v) is 14.1. The number of rotatable bonds is 7. The molecule has 0 saturated carbocycles. The van der Waals surface area contributed by atoms with Crippen LogP contribution in [0, 0.1) is 0 Å². The van der Waals surface area contributed by atoms with Crippen molar-refractivity contribution in [2.45, 2.75) is 19.7 Å². The molecule has 0 radical (unpaired) electrons. The van der Waals surface area contributed by atoms with Gasteiger partial charge in [-0.2, -0.15) is 0 Å². The average Bonchev–Trinajstić information content (AvgIpc) is 3.15. The highest BCUT2D eigenvalue weighted by molar-refractivity contribution is 5.94. The number of hydrogen-bond acceptors (Lipinski definition) is 4. The van der Waals surface area contributed by atoms with Crippen LogP contribution in [0.15, 0.2) is 71.6 Å². The highest BCUT2D eigenvalue weighted by atomic mass is 16.5. The number of carbonyl (C=O) groups is 1. The van der Waals surface area contributed by atoms with Crippen LogP contribution in [0.5, 0.6) is 0 Å². The van der Waals surface area contributed by atoms with E-state index in [4.69, 9.17) is 9.15 Å². The van der Waals surface area contributed by atoms with Crippen LogP contribution in [0.2, 0.25) is 0 Å². The van der Waals surface area contributed by atoms with E-state index >= 15 is 0 Å². The van der Waals surface area contributed by atoms with Gasteiger partial charge in [0.15, 0.2) is 0 Å². The summed E-state index contributed by atoms with van der Waals surface area (Å²) in [6, 6.07) is 15.0. The molecule has 0 N–H and O–H groups in total. The maximum atomic E-state index is 13.1. The summed E-state index contributed by atoms with van der Waals surface area (Å²) in [4.78, 5) is 18.9. The Morgan fingerprint density at radius 1 is 1.12 bits per heavy atom. The molecule has 0 atom stereocenters. The standard InChI is InChI=1S/C20H20N2O3/c1-24-15-16-5-2-7-18(11-16)20(23)22(14-19-8-4-10-25-19)13-17-6-3-9-21-12-17/h2-12H,13-15H2,1H3. The maximum Gasteiger partial charge on any atom is 0.254 e. The largest absolute Gasteiger partial charge is 0.467 e. The van der Waals surface area contributed by atoms with Crippen molar-refractivity contribution >= 4 is 5.91 Å². The third-order valence-corrected chi connectivity index (χ3v) is 3.80. The molecule has 5 nitrogen and oxygen atoms in total. The quantitative estimate of drug-likeness (QED) is 0.661. The molecule has 0 unspecified atom stereocenters. The molecule has 0 spiro atoms. The van der Waals surface area contributed by atoms with Crippen molar-refractivity contribution in [1.82, 2.24) is 9.88 Å². The Balaban J connectivity index is 1.84. The molecule has 3 aromatic rings. The van der Waals surface area contributed by atoms with Crippen LogP contribution >= 0.6 is 0 Å². The second-order valence-corrected chi connectivity index (χ2v) is 5.74. The van der Waals surface area contributed by atoms with Crippen molar-refractivity contribution in [1.29, 1.82) is 0 Å². The first kappa shape index (κ1) is 16.9. The number of amides is 1. The molecule has 0 aliphatic rings. The molecule has 25 heavy (non-hydrogen) atoms. The number of aromatic nitrogens is 1. The number of benzene rings is 1. The minimum absolute atomic E-state index is 0.0572. The molecule has 128 valence electrons. The Morgan fingerprint density at radius 2 is 2.00 bits per heavy atom. The third-order valence-electron chi connectivity index (χ3n) is 3.80. The third kappa shape index (κ3) is 4.55. The number of hydrogen-bond donors (Lipinski definition) is 0. The van der Waals surface area contributed by atoms with Crippen molar-refractivity contribution in [2.24, 2.45) is 0 Å². The predicted octanol–water partition coefficient (Wildman–Crippen LogP) is 3.66. The van der Waals surface area contributed by atoms with Gasteiger partial charge in [0.1, 0.15) is 5.76 Å². The van der Waals surface area contributed by atoms with Gasteiger partial charge in [-0.1, -0.05) is 18.2 Å². The molecule has 1 aromatic carbocycles. The fourth-order valence-corrected chi connectivity index (χ4v) is 2.65. The van der Waals surface area contributed by atoms with Crippen LogP contribution in [-0.2, 0) is 24.4 Å². The molecule has 2 aromatic heterocycles. The number of furan rings is 1. The van der Waals surface area contributed by atoms with Gasteiger partial charge in [0, 0.05) is 31.6 Å². The van der Waals surface area contributed by atoms with Crippen LogP contribution in [0.25, 0.3) is 0 Å². The van der Waals surface area contributed by atoms with E-state index < -0.39 is 0 Å². The molecule has 0 fully saturated rings. The van der Waals surface area contributed by atoms with E-state index in [-0.39, 0.29) is 5.91 Å². The Hall–Kier alpha value is -2.92. The van der Waals surface area contributed by atoms with Crippen LogP contribution in [0.1, 0.15) is 27.2 Å². The van der Waals surface area contributed by atoms with Gasteiger partial charge >= 0.3 is 0 Å². The minimum Gasteiger partial charge on any atom is -0.467 e. The molecule has 3 rings (SSSR count). The number of carbonyl (C=O) groups excluding carboxylic acids is 1. The molecule has 0 saturated heterocycles. The van der Waals surface area contributed by atoms with Crippen LogP contribution in [0.3, 0.4) is 0 Å². The lowest BCUT2D eigenvalue weighted by Gasteiger charge is -2.22. The molecular formula is C20H20N2O3. The topological polar surface area (TPSA) is 55.6 Å². The van der Waals surface area contributed by atoms with Gasteiger partial charge in [0.25, 0.3) is 5.91 Å². The van der Waals surface area contributed by atoms with Crippen molar-refractivity contribution in [2.75, 3.05) is 7.11 Å². The number of pyridine rings is 1. The van der Waals surface area contributed by atoms with Crippen LogP contribution < -0.4 is 0 Å². The van der Waals surface area contributed by atoms with Crippen LogP contribution in [-0.4, -0.2) is 22.9 Å². The summed E-state index contributed by atoms with van der Waals surface area (Å²) in [5.41, 5.74) is 2.56. The van der Waals surface area contributed by atoms with Gasteiger partial charge in [-0.15, -0.1) is 0 Å². The predicted molar refractivity (Wildman–Crippen MR) is 93.7 cm³/mol. The van der Waals surface area contributed by atoms with E-state index in [9.17, 15) is 4.79 Å². The van der Waals surface area contributed by atoms with Gasteiger partial charge in [-0.25, -0.2) is 0 Å². The number of ether oxygens (including phenoxy) is 1. The fourth-order valence-electron chi connectivity index (χ4n) is 2.65. The summed E-state index contributed by atoms with van der Waals surface area (Å²) >= 11 is 0. The van der Waals surface area contributed by atoms with E-state index in [1.54, 1.807) is 30.7 Å². The summed E-state index contributed by atoms with van der Waals surface area (Å²) in [6.45, 7) is 1.33. The van der Waals surface area contributed by atoms with Gasteiger partial charge in [0.2, 0.25) is 0 Å². The molecule has 0 aliphatic heterocycles. The van der Waals surface area contributed by atoms with E-state index in [1.165, 1.54) is 0 Å². The molecule has 5 heteroatoms. The second kappa shape index (κ2) is 8.26. The lowest BCUT2D eigenvalue weighted by Crippen LogP contribution is -2.30. The Morgan fingerprint density at radius 3 is 2.72 bits per heavy atom. The molecule has 0 bridgehead atoms. The van der Waals surface area contributed by atoms with Crippen molar-refractivity contribution in [3.8, 4) is 0 Å². The number of methoxy groups -OCH3 is 1. The molecule has 0 aliphatic carbocycles. The first-order chi connectivity index (χ1) is 12.3. The summed E-state index contributed by atoms with van der Waals surface area (Å²) in [5, 5.41) is 0. The van der Waals surface area contributed by atoms with Crippen molar-refractivity contribution in [3.05, 3.63) is 89.6 Å². The average molecular weight is 336 g/mol. The van der Waals surface area contributed by atoms with Crippen molar-refractivity contribution in [3.63, 3.8) is 0 Å². The van der Waals surface area contributed by atoms with Gasteiger partial charge < -0.3 is 14.1 Å². The first-order valence-corrected chi connectivity index (χ1v) is 8.04. The van der Waals surface area contributed by atoms with E-state index in [0.717, 1.165) is 16.9 Å². The zero-order chi connectivity index (χ0) is 17.5. The molecular weight excluding hydrogens is 316 g/mol. The fraction of sp³-hybridized carbons (Fsp3) is 0.200.